The van der Waals surface area contributed by atoms with Crippen LogP contribution in [-0.2, 0) is 4.79 Å². The second-order valence-corrected chi connectivity index (χ2v) is 6.45. The fourth-order valence-electron chi connectivity index (χ4n) is 3.39. The molecule has 3 rings (SSSR count). The Balaban J connectivity index is 1.64. The first-order valence-corrected chi connectivity index (χ1v) is 8.31. The average Bonchev–Trinajstić information content (AvgIpc) is 3.15. The van der Waals surface area contributed by atoms with Gasteiger partial charge in [0.1, 0.15) is 0 Å². The van der Waals surface area contributed by atoms with E-state index in [-0.39, 0.29) is 31.8 Å². The lowest BCUT2D eigenvalue weighted by atomic mass is 9.91. The van der Waals surface area contributed by atoms with Crippen molar-refractivity contribution in [2.45, 2.75) is 31.4 Å². The number of nitriles is 1. The van der Waals surface area contributed by atoms with Crippen LogP contribution in [-0.4, -0.2) is 53.5 Å². The number of benzene rings is 1. The molecule has 0 aromatic heterocycles. The summed E-state index contributed by atoms with van der Waals surface area (Å²) in [6, 6.07) is 8.48. The lowest BCUT2D eigenvalue weighted by Gasteiger charge is -2.37. The number of carbonyl (C=O) groups is 2. The van der Waals surface area contributed by atoms with Crippen LogP contribution < -0.4 is 0 Å². The fourth-order valence-corrected chi connectivity index (χ4v) is 3.39. The van der Waals surface area contributed by atoms with Crippen molar-refractivity contribution in [3.8, 4) is 6.07 Å². The van der Waals surface area contributed by atoms with Gasteiger partial charge in [0.25, 0.3) is 11.8 Å². The van der Waals surface area contributed by atoms with Gasteiger partial charge in [-0.15, -0.1) is 0 Å². The third kappa shape index (κ3) is 3.12. The Kier molecular flexibility index (Phi) is 4.52. The molecule has 126 valence electrons. The number of hydrogen-bond donors (Lipinski definition) is 0. The Morgan fingerprint density at radius 2 is 1.75 bits per heavy atom. The minimum absolute atomic E-state index is 0.0337. The van der Waals surface area contributed by atoms with E-state index in [0.717, 1.165) is 12.8 Å². The zero-order chi connectivity index (χ0) is 17.2. The van der Waals surface area contributed by atoms with E-state index in [1.54, 1.807) is 28.0 Å². The molecule has 0 N–H and O–H groups in total. The zero-order valence-corrected chi connectivity index (χ0v) is 13.5. The molecule has 2 heterocycles. The first-order valence-electron chi connectivity index (χ1n) is 8.31. The van der Waals surface area contributed by atoms with Crippen LogP contribution in [0.2, 0.25) is 0 Å². The van der Waals surface area contributed by atoms with Gasteiger partial charge in [-0.2, -0.15) is 5.26 Å². The lowest BCUT2D eigenvalue weighted by Crippen LogP contribution is -2.52. The molecular formula is C18H20FN3O2. The highest BCUT2D eigenvalue weighted by Crippen LogP contribution is 2.30. The van der Waals surface area contributed by atoms with E-state index < -0.39 is 11.6 Å². The second-order valence-electron chi connectivity index (χ2n) is 6.45. The molecule has 0 saturated carbocycles. The van der Waals surface area contributed by atoms with E-state index in [2.05, 4.69) is 0 Å². The average molecular weight is 329 g/mol. The van der Waals surface area contributed by atoms with Crippen LogP contribution in [0.5, 0.6) is 0 Å². The first kappa shape index (κ1) is 16.4. The van der Waals surface area contributed by atoms with Crippen molar-refractivity contribution in [3.05, 3.63) is 35.4 Å². The van der Waals surface area contributed by atoms with E-state index >= 15 is 4.39 Å². The monoisotopic (exact) mass is 329 g/mol. The Morgan fingerprint density at radius 3 is 2.38 bits per heavy atom. The highest BCUT2D eigenvalue weighted by molar-refractivity contribution is 5.95. The predicted octanol–water partition coefficient (Wildman–Crippen LogP) is 2.12. The number of likely N-dealkylation sites (tertiary alicyclic amines) is 2. The number of amides is 2. The largest absolute Gasteiger partial charge is 0.340 e. The van der Waals surface area contributed by atoms with Crippen LogP contribution >= 0.6 is 0 Å². The number of hydrogen-bond acceptors (Lipinski definition) is 3. The van der Waals surface area contributed by atoms with Crippen molar-refractivity contribution in [3.63, 3.8) is 0 Å². The van der Waals surface area contributed by atoms with Crippen molar-refractivity contribution in [1.82, 2.24) is 9.80 Å². The minimum atomic E-state index is -1.85. The number of carbonyl (C=O) groups excluding carboxylic acids is 2. The summed E-state index contributed by atoms with van der Waals surface area (Å²) in [5.74, 6) is -0.638. The quantitative estimate of drug-likeness (QED) is 0.835. The van der Waals surface area contributed by atoms with Crippen molar-refractivity contribution in [2.75, 3.05) is 26.2 Å². The van der Waals surface area contributed by atoms with Crippen LogP contribution in [0, 0.1) is 11.3 Å². The van der Waals surface area contributed by atoms with Crippen LogP contribution in [0.4, 0.5) is 4.39 Å². The lowest BCUT2D eigenvalue weighted by molar-refractivity contribution is -0.145. The first-order chi connectivity index (χ1) is 11.5. The van der Waals surface area contributed by atoms with Crippen LogP contribution in [0.15, 0.2) is 24.3 Å². The molecule has 0 radical (unpaired) electrons. The van der Waals surface area contributed by atoms with Crippen molar-refractivity contribution in [1.29, 1.82) is 5.26 Å². The van der Waals surface area contributed by atoms with Gasteiger partial charge in [0.2, 0.25) is 0 Å². The van der Waals surface area contributed by atoms with Gasteiger partial charge in [0, 0.05) is 44.6 Å². The van der Waals surface area contributed by atoms with Crippen LogP contribution in [0.1, 0.15) is 41.6 Å². The summed E-state index contributed by atoms with van der Waals surface area (Å²) in [5.41, 5.74) is -1.01. The number of rotatable bonds is 2. The molecule has 2 saturated heterocycles. The summed E-state index contributed by atoms with van der Waals surface area (Å²) in [6.07, 6.45) is 1.93. The summed E-state index contributed by atoms with van der Waals surface area (Å²) >= 11 is 0. The molecule has 0 unspecified atom stereocenters. The van der Waals surface area contributed by atoms with Gasteiger partial charge in [-0.3, -0.25) is 9.59 Å². The van der Waals surface area contributed by atoms with E-state index in [1.165, 1.54) is 6.07 Å². The Bertz CT molecular complexity index is 684. The minimum Gasteiger partial charge on any atom is -0.340 e. The van der Waals surface area contributed by atoms with Gasteiger partial charge < -0.3 is 9.80 Å². The smallest absolute Gasteiger partial charge is 0.260 e. The normalized spacial score (nSPS) is 19.8. The third-order valence-electron chi connectivity index (χ3n) is 4.86. The maximum Gasteiger partial charge on any atom is 0.260 e. The molecule has 1 aromatic rings. The van der Waals surface area contributed by atoms with Crippen molar-refractivity contribution in [2.24, 2.45) is 0 Å². The molecule has 0 aliphatic carbocycles. The Morgan fingerprint density at radius 1 is 1.08 bits per heavy atom. The van der Waals surface area contributed by atoms with Gasteiger partial charge in [-0.1, -0.05) is 6.07 Å². The van der Waals surface area contributed by atoms with E-state index in [4.69, 9.17) is 5.26 Å². The molecule has 1 aromatic carbocycles. The molecule has 0 spiro atoms. The molecule has 2 aliphatic rings. The summed E-state index contributed by atoms with van der Waals surface area (Å²) in [7, 11) is 0. The number of halogens is 1. The van der Waals surface area contributed by atoms with Crippen molar-refractivity contribution < 1.29 is 14.0 Å². The number of nitrogens with zero attached hydrogens (tertiary/aromatic N) is 3. The SMILES string of the molecule is N#Cc1cccc(C(=O)N2CCC(F)(C(=O)N3CCCC3)CC2)c1. The molecule has 5 nitrogen and oxygen atoms in total. The predicted molar refractivity (Wildman–Crippen MR) is 85.9 cm³/mol. The Hall–Kier alpha value is -2.42. The molecule has 2 amide bonds. The fraction of sp³-hybridized carbons (Fsp3) is 0.500. The maximum absolute atomic E-state index is 15.0. The van der Waals surface area contributed by atoms with Crippen LogP contribution in [0.25, 0.3) is 0 Å². The molecule has 0 atom stereocenters. The molecule has 6 heteroatoms. The third-order valence-corrected chi connectivity index (χ3v) is 4.86. The van der Waals surface area contributed by atoms with Gasteiger partial charge in [-0.05, 0) is 31.0 Å². The topological polar surface area (TPSA) is 64.4 Å². The zero-order valence-electron chi connectivity index (χ0n) is 13.5. The maximum atomic E-state index is 15.0. The molecule has 2 fully saturated rings. The summed E-state index contributed by atoms with van der Waals surface area (Å²) in [5, 5.41) is 8.92. The van der Waals surface area contributed by atoms with Crippen molar-refractivity contribution >= 4 is 11.8 Å². The van der Waals surface area contributed by atoms with Gasteiger partial charge in [0.15, 0.2) is 5.67 Å². The second kappa shape index (κ2) is 6.60. The Labute approximate surface area is 140 Å². The summed E-state index contributed by atoms with van der Waals surface area (Å²) < 4.78 is 15.0. The molecular weight excluding hydrogens is 309 g/mol. The number of alkyl halides is 1. The van der Waals surface area contributed by atoms with Gasteiger partial charge >= 0.3 is 0 Å². The highest BCUT2D eigenvalue weighted by atomic mass is 19.1. The van der Waals surface area contributed by atoms with Gasteiger partial charge in [-0.25, -0.2) is 4.39 Å². The molecule has 24 heavy (non-hydrogen) atoms. The molecule has 0 bridgehead atoms. The van der Waals surface area contributed by atoms with Crippen LogP contribution in [0.3, 0.4) is 0 Å². The standard InChI is InChI=1S/C18H20FN3O2/c19-18(17(24)22-8-1-2-9-22)6-10-21(11-7-18)16(23)15-5-3-4-14(12-15)13-20/h3-5,12H,1-2,6-11H2. The van der Waals surface area contributed by atoms with E-state index in [1.807, 2.05) is 6.07 Å². The highest BCUT2D eigenvalue weighted by Gasteiger charge is 2.45. The van der Waals surface area contributed by atoms with E-state index in [9.17, 15) is 9.59 Å². The summed E-state index contributed by atoms with van der Waals surface area (Å²) in [4.78, 5) is 28.0. The molecule has 2 aliphatic heterocycles. The van der Waals surface area contributed by atoms with E-state index in [0.29, 0.717) is 24.2 Å². The number of piperidine rings is 1. The van der Waals surface area contributed by atoms with Gasteiger partial charge in [0.05, 0.1) is 11.6 Å². The summed E-state index contributed by atoms with van der Waals surface area (Å²) in [6.45, 7) is 1.69.